The van der Waals surface area contributed by atoms with Crippen LogP contribution < -0.4 is 20.1 Å². The van der Waals surface area contributed by atoms with Crippen LogP contribution in [-0.2, 0) is 0 Å². The third-order valence-corrected chi connectivity index (χ3v) is 3.69. The summed E-state index contributed by atoms with van der Waals surface area (Å²) < 4.78 is 10.4. The van der Waals surface area contributed by atoms with E-state index in [9.17, 15) is 4.79 Å². The Bertz CT molecular complexity index is 700. The number of pyridine rings is 1. The summed E-state index contributed by atoms with van der Waals surface area (Å²) in [6.07, 6.45) is 2.64. The molecule has 0 saturated heterocycles. The number of anilines is 2. The van der Waals surface area contributed by atoms with Crippen molar-refractivity contribution in [1.82, 2.24) is 4.98 Å². The van der Waals surface area contributed by atoms with Gasteiger partial charge in [0.15, 0.2) is 11.5 Å². The number of nitrogens with zero attached hydrogens (tertiary/aromatic N) is 1. The molecule has 1 amide bonds. The van der Waals surface area contributed by atoms with Gasteiger partial charge in [-0.1, -0.05) is 13.8 Å². The van der Waals surface area contributed by atoms with Gasteiger partial charge in [0.05, 0.1) is 19.8 Å². The third-order valence-electron chi connectivity index (χ3n) is 3.69. The monoisotopic (exact) mass is 343 g/mol. The SMILES string of the molecule is COc1ccc(NC(=O)c2ccc(NCCC(C)C)nc2)cc1OC. The van der Waals surface area contributed by atoms with E-state index in [1.807, 2.05) is 6.07 Å². The molecule has 1 heterocycles. The van der Waals surface area contributed by atoms with Crippen LogP contribution in [0.15, 0.2) is 36.5 Å². The molecule has 0 bridgehead atoms. The molecule has 2 aromatic rings. The Morgan fingerprint density at radius 2 is 1.88 bits per heavy atom. The topological polar surface area (TPSA) is 72.5 Å². The molecular weight excluding hydrogens is 318 g/mol. The zero-order valence-electron chi connectivity index (χ0n) is 15.1. The zero-order chi connectivity index (χ0) is 18.2. The maximum Gasteiger partial charge on any atom is 0.257 e. The number of hydrogen-bond donors (Lipinski definition) is 2. The molecule has 134 valence electrons. The molecule has 2 rings (SSSR count). The highest BCUT2D eigenvalue weighted by atomic mass is 16.5. The van der Waals surface area contributed by atoms with Crippen LogP contribution in [0.2, 0.25) is 0 Å². The minimum Gasteiger partial charge on any atom is -0.493 e. The maximum atomic E-state index is 12.3. The van der Waals surface area contributed by atoms with E-state index >= 15 is 0 Å². The van der Waals surface area contributed by atoms with Crippen LogP contribution in [0.1, 0.15) is 30.6 Å². The molecule has 6 heteroatoms. The van der Waals surface area contributed by atoms with E-state index in [0.717, 1.165) is 18.8 Å². The van der Waals surface area contributed by atoms with Crippen LogP contribution in [0.4, 0.5) is 11.5 Å². The van der Waals surface area contributed by atoms with Crippen molar-refractivity contribution in [2.45, 2.75) is 20.3 Å². The van der Waals surface area contributed by atoms with E-state index in [0.29, 0.717) is 28.7 Å². The van der Waals surface area contributed by atoms with Crippen molar-refractivity contribution >= 4 is 17.4 Å². The van der Waals surface area contributed by atoms with Crippen molar-refractivity contribution in [3.8, 4) is 11.5 Å². The van der Waals surface area contributed by atoms with Crippen LogP contribution in [0.5, 0.6) is 11.5 Å². The minimum absolute atomic E-state index is 0.228. The fourth-order valence-corrected chi connectivity index (χ4v) is 2.24. The average molecular weight is 343 g/mol. The number of carbonyl (C=O) groups is 1. The standard InChI is InChI=1S/C19H25N3O3/c1-13(2)9-10-20-18-8-5-14(12-21-18)19(23)22-15-6-7-16(24-3)17(11-15)25-4/h5-8,11-13H,9-10H2,1-4H3,(H,20,21)(H,22,23). The largest absolute Gasteiger partial charge is 0.493 e. The zero-order valence-corrected chi connectivity index (χ0v) is 15.1. The first-order valence-electron chi connectivity index (χ1n) is 8.26. The lowest BCUT2D eigenvalue weighted by molar-refractivity contribution is 0.102. The van der Waals surface area contributed by atoms with E-state index in [1.54, 1.807) is 44.7 Å². The highest BCUT2D eigenvalue weighted by Gasteiger charge is 2.10. The minimum atomic E-state index is -0.228. The molecule has 25 heavy (non-hydrogen) atoms. The highest BCUT2D eigenvalue weighted by molar-refractivity contribution is 6.04. The summed E-state index contributed by atoms with van der Waals surface area (Å²) in [4.78, 5) is 16.6. The van der Waals surface area contributed by atoms with Gasteiger partial charge in [0, 0.05) is 24.5 Å². The molecule has 0 saturated carbocycles. The van der Waals surface area contributed by atoms with Crippen LogP contribution >= 0.6 is 0 Å². The predicted molar refractivity (Wildman–Crippen MR) is 99.7 cm³/mol. The van der Waals surface area contributed by atoms with Crippen molar-refractivity contribution in [1.29, 1.82) is 0 Å². The van der Waals surface area contributed by atoms with Gasteiger partial charge >= 0.3 is 0 Å². The Hall–Kier alpha value is -2.76. The number of hydrogen-bond acceptors (Lipinski definition) is 5. The molecule has 0 atom stereocenters. The molecule has 0 unspecified atom stereocenters. The predicted octanol–water partition coefficient (Wildman–Crippen LogP) is 3.81. The number of nitrogens with one attached hydrogen (secondary N) is 2. The average Bonchev–Trinajstić information content (AvgIpc) is 2.61. The van der Waals surface area contributed by atoms with Crippen LogP contribution in [0, 0.1) is 5.92 Å². The summed E-state index contributed by atoms with van der Waals surface area (Å²) in [7, 11) is 3.12. The quantitative estimate of drug-likeness (QED) is 0.762. The normalized spacial score (nSPS) is 10.4. The van der Waals surface area contributed by atoms with Crippen molar-refractivity contribution in [3.63, 3.8) is 0 Å². The van der Waals surface area contributed by atoms with Gasteiger partial charge in [0.2, 0.25) is 0 Å². The summed E-state index contributed by atoms with van der Waals surface area (Å²) >= 11 is 0. The Labute approximate surface area is 148 Å². The number of methoxy groups -OCH3 is 2. The number of carbonyl (C=O) groups excluding carboxylic acids is 1. The lowest BCUT2D eigenvalue weighted by Gasteiger charge is -2.11. The molecule has 6 nitrogen and oxygen atoms in total. The van der Waals surface area contributed by atoms with E-state index in [-0.39, 0.29) is 5.91 Å². The summed E-state index contributed by atoms with van der Waals surface area (Å²) in [6, 6.07) is 8.78. The molecule has 0 spiro atoms. The van der Waals surface area contributed by atoms with Crippen LogP contribution in [0.25, 0.3) is 0 Å². The molecule has 0 radical (unpaired) electrons. The van der Waals surface area contributed by atoms with E-state index in [4.69, 9.17) is 9.47 Å². The molecule has 0 aliphatic rings. The first-order valence-corrected chi connectivity index (χ1v) is 8.26. The second-order valence-corrected chi connectivity index (χ2v) is 6.07. The number of rotatable bonds is 8. The first-order chi connectivity index (χ1) is 12.0. The molecule has 2 N–H and O–H groups in total. The Morgan fingerprint density at radius 3 is 2.48 bits per heavy atom. The second-order valence-electron chi connectivity index (χ2n) is 6.07. The molecule has 0 fully saturated rings. The maximum absolute atomic E-state index is 12.3. The van der Waals surface area contributed by atoms with Gasteiger partial charge in [-0.3, -0.25) is 4.79 Å². The molecule has 1 aromatic heterocycles. The van der Waals surface area contributed by atoms with Gasteiger partial charge in [-0.15, -0.1) is 0 Å². The lowest BCUT2D eigenvalue weighted by Crippen LogP contribution is -2.13. The van der Waals surface area contributed by atoms with Crippen molar-refractivity contribution in [3.05, 3.63) is 42.1 Å². The second kappa shape index (κ2) is 8.92. The van der Waals surface area contributed by atoms with Gasteiger partial charge in [-0.05, 0) is 36.6 Å². The highest BCUT2D eigenvalue weighted by Crippen LogP contribution is 2.29. The Morgan fingerprint density at radius 1 is 1.12 bits per heavy atom. The molecule has 0 aliphatic heterocycles. The van der Waals surface area contributed by atoms with Gasteiger partial charge in [-0.25, -0.2) is 4.98 Å². The van der Waals surface area contributed by atoms with Crippen molar-refractivity contribution in [2.24, 2.45) is 5.92 Å². The number of aromatic nitrogens is 1. The number of ether oxygens (including phenoxy) is 2. The summed E-state index contributed by atoms with van der Waals surface area (Å²) in [5.74, 6) is 2.35. The summed E-state index contributed by atoms with van der Waals surface area (Å²) in [6.45, 7) is 5.22. The molecule has 1 aromatic carbocycles. The van der Waals surface area contributed by atoms with Crippen LogP contribution in [0.3, 0.4) is 0 Å². The van der Waals surface area contributed by atoms with E-state index < -0.39 is 0 Å². The number of amides is 1. The van der Waals surface area contributed by atoms with Gasteiger partial charge in [0.1, 0.15) is 5.82 Å². The van der Waals surface area contributed by atoms with Gasteiger partial charge in [-0.2, -0.15) is 0 Å². The molecule has 0 aliphatic carbocycles. The summed E-state index contributed by atoms with van der Waals surface area (Å²) in [5, 5.41) is 6.07. The smallest absolute Gasteiger partial charge is 0.257 e. The summed E-state index contributed by atoms with van der Waals surface area (Å²) in [5.41, 5.74) is 1.12. The van der Waals surface area contributed by atoms with Crippen LogP contribution in [-0.4, -0.2) is 31.7 Å². The number of benzene rings is 1. The van der Waals surface area contributed by atoms with E-state index in [2.05, 4.69) is 29.5 Å². The fraction of sp³-hybridized carbons (Fsp3) is 0.368. The first kappa shape index (κ1) is 18.6. The third kappa shape index (κ3) is 5.38. The molecular formula is C19H25N3O3. The Kier molecular flexibility index (Phi) is 6.62. The van der Waals surface area contributed by atoms with Gasteiger partial charge in [0.25, 0.3) is 5.91 Å². The van der Waals surface area contributed by atoms with Gasteiger partial charge < -0.3 is 20.1 Å². The van der Waals surface area contributed by atoms with Crippen molar-refractivity contribution < 1.29 is 14.3 Å². The lowest BCUT2D eigenvalue weighted by atomic mass is 10.1. The van der Waals surface area contributed by atoms with Crippen molar-refractivity contribution in [2.75, 3.05) is 31.4 Å². The van der Waals surface area contributed by atoms with E-state index in [1.165, 1.54) is 0 Å². The fourth-order valence-electron chi connectivity index (χ4n) is 2.24. The Balaban J connectivity index is 1.98.